The number of nitriles is 1. The predicted octanol–water partition coefficient (Wildman–Crippen LogP) is 3.09. The van der Waals surface area contributed by atoms with Crippen LogP contribution >= 0.6 is 0 Å². The molecule has 0 N–H and O–H groups in total. The number of hydrogen-bond acceptors (Lipinski definition) is 3. The minimum atomic E-state index is 0.394. The van der Waals surface area contributed by atoms with E-state index in [9.17, 15) is 0 Å². The molecule has 0 unspecified atom stereocenters. The molecular formula is C14H20N2O. The average molecular weight is 232 g/mol. The van der Waals surface area contributed by atoms with Gasteiger partial charge in [0.1, 0.15) is 12.3 Å². The van der Waals surface area contributed by atoms with Crippen LogP contribution in [0.25, 0.3) is 0 Å². The third-order valence-electron chi connectivity index (χ3n) is 2.89. The summed E-state index contributed by atoms with van der Waals surface area (Å²) in [6.45, 7) is 6.71. The van der Waals surface area contributed by atoms with E-state index in [2.05, 4.69) is 26.0 Å². The van der Waals surface area contributed by atoms with Gasteiger partial charge in [0.05, 0.1) is 13.2 Å². The van der Waals surface area contributed by atoms with Gasteiger partial charge in [-0.1, -0.05) is 13.8 Å². The van der Waals surface area contributed by atoms with Crippen LogP contribution in [0.4, 0.5) is 5.69 Å². The SMILES string of the molecule is COc1cc(C)c(N(C)CC#N)cc1C(C)C. The molecule has 1 aromatic rings. The zero-order valence-electron chi connectivity index (χ0n) is 11.2. The molecule has 3 nitrogen and oxygen atoms in total. The highest BCUT2D eigenvalue weighted by Crippen LogP contribution is 2.33. The maximum Gasteiger partial charge on any atom is 0.122 e. The van der Waals surface area contributed by atoms with Crippen LogP contribution in [-0.2, 0) is 0 Å². The summed E-state index contributed by atoms with van der Waals surface area (Å²) in [6.07, 6.45) is 0. The number of ether oxygens (including phenoxy) is 1. The molecule has 0 saturated heterocycles. The molecule has 92 valence electrons. The van der Waals surface area contributed by atoms with E-state index in [0.717, 1.165) is 17.0 Å². The fourth-order valence-corrected chi connectivity index (χ4v) is 1.92. The van der Waals surface area contributed by atoms with Gasteiger partial charge in [-0.25, -0.2) is 0 Å². The van der Waals surface area contributed by atoms with E-state index in [4.69, 9.17) is 10.00 Å². The van der Waals surface area contributed by atoms with Crippen molar-refractivity contribution in [3.8, 4) is 11.8 Å². The second kappa shape index (κ2) is 5.58. The maximum absolute atomic E-state index is 8.75. The van der Waals surface area contributed by atoms with Crippen molar-refractivity contribution in [2.45, 2.75) is 26.7 Å². The number of nitrogens with zero attached hydrogens (tertiary/aromatic N) is 2. The first kappa shape index (κ1) is 13.4. The lowest BCUT2D eigenvalue weighted by Crippen LogP contribution is -2.18. The Morgan fingerprint density at radius 1 is 1.41 bits per heavy atom. The summed E-state index contributed by atoms with van der Waals surface area (Å²) in [4.78, 5) is 1.96. The van der Waals surface area contributed by atoms with E-state index < -0.39 is 0 Å². The van der Waals surface area contributed by atoms with Crippen LogP contribution in [0.2, 0.25) is 0 Å². The van der Waals surface area contributed by atoms with Crippen LogP contribution in [-0.4, -0.2) is 20.7 Å². The molecule has 0 bridgehead atoms. The van der Waals surface area contributed by atoms with Crippen molar-refractivity contribution in [1.29, 1.82) is 5.26 Å². The first-order valence-electron chi connectivity index (χ1n) is 5.77. The summed E-state index contributed by atoms with van der Waals surface area (Å²) in [5, 5.41) is 8.75. The van der Waals surface area contributed by atoms with Crippen LogP contribution in [0, 0.1) is 18.3 Å². The number of rotatable bonds is 4. The van der Waals surface area contributed by atoms with E-state index >= 15 is 0 Å². The van der Waals surface area contributed by atoms with Gasteiger partial charge in [-0.2, -0.15) is 5.26 Å². The molecule has 0 aliphatic rings. The van der Waals surface area contributed by atoms with Gasteiger partial charge in [-0.3, -0.25) is 0 Å². The highest BCUT2D eigenvalue weighted by atomic mass is 16.5. The Morgan fingerprint density at radius 2 is 2.06 bits per heavy atom. The lowest BCUT2D eigenvalue weighted by molar-refractivity contribution is 0.407. The zero-order chi connectivity index (χ0) is 13.0. The number of benzene rings is 1. The molecule has 0 aliphatic heterocycles. The first-order chi connectivity index (χ1) is 8.01. The van der Waals surface area contributed by atoms with Gasteiger partial charge < -0.3 is 9.64 Å². The molecule has 17 heavy (non-hydrogen) atoms. The van der Waals surface area contributed by atoms with Gasteiger partial charge in [0.25, 0.3) is 0 Å². The molecule has 0 radical (unpaired) electrons. The van der Waals surface area contributed by atoms with Crippen LogP contribution in [0.15, 0.2) is 12.1 Å². The first-order valence-corrected chi connectivity index (χ1v) is 5.77. The molecule has 0 fully saturated rings. The fourth-order valence-electron chi connectivity index (χ4n) is 1.92. The van der Waals surface area contributed by atoms with Gasteiger partial charge in [0.2, 0.25) is 0 Å². The molecule has 1 rings (SSSR count). The van der Waals surface area contributed by atoms with Crippen molar-refractivity contribution in [3.05, 3.63) is 23.3 Å². The zero-order valence-corrected chi connectivity index (χ0v) is 11.2. The van der Waals surface area contributed by atoms with Crippen molar-refractivity contribution in [2.24, 2.45) is 0 Å². The average Bonchev–Trinajstić information content (AvgIpc) is 2.28. The van der Waals surface area contributed by atoms with E-state index in [1.54, 1.807) is 7.11 Å². The van der Waals surface area contributed by atoms with Crippen LogP contribution in [0.1, 0.15) is 30.9 Å². The smallest absolute Gasteiger partial charge is 0.122 e. The van der Waals surface area contributed by atoms with Gasteiger partial charge in [-0.15, -0.1) is 0 Å². The van der Waals surface area contributed by atoms with Gasteiger partial charge in [-0.05, 0) is 36.1 Å². The van der Waals surface area contributed by atoms with Gasteiger partial charge in [0, 0.05) is 12.7 Å². The summed E-state index contributed by atoms with van der Waals surface area (Å²) >= 11 is 0. The van der Waals surface area contributed by atoms with E-state index in [0.29, 0.717) is 12.5 Å². The molecule has 0 spiro atoms. The Labute approximate surface area is 104 Å². The molecule has 1 aromatic carbocycles. The minimum Gasteiger partial charge on any atom is -0.496 e. The van der Waals surface area contributed by atoms with Crippen molar-refractivity contribution in [1.82, 2.24) is 0 Å². The van der Waals surface area contributed by atoms with E-state index in [1.165, 1.54) is 5.56 Å². The normalized spacial score (nSPS) is 10.2. The predicted molar refractivity (Wildman–Crippen MR) is 70.7 cm³/mol. The van der Waals surface area contributed by atoms with Crippen LogP contribution < -0.4 is 9.64 Å². The van der Waals surface area contributed by atoms with Crippen LogP contribution in [0.5, 0.6) is 5.75 Å². The van der Waals surface area contributed by atoms with Crippen molar-refractivity contribution >= 4 is 5.69 Å². The van der Waals surface area contributed by atoms with Gasteiger partial charge >= 0.3 is 0 Å². The summed E-state index contributed by atoms with van der Waals surface area (Å²) in [6, 6.07) is 6.33. The Bertz CT molecular complexity index is 433. The van der Waals surface area contributed by atoms with E-state index in [-0.39, 0.29) is 0 Å². The fraction of sp³-hybridized carbons (Fsp3) is 0.500. The Hall–Kier alpha value is -1.69. The minimum absolute atomic E-state index is 0.394. The number of anilines is 1. The Kier molecular flexibility index (Phi) is 4.39. The quantitative estimate of drug-likeness (QED) is 0.748. The lowest BCUT2D eigenvalue weighted by atomic mass is 9.98. The molecular weight excluding hydrogens is 212 g/mol. The van der Waals surface area contributed by atoms with E-state index in [1.807, 2.05) is 24.9 Å². The molecule has 0 saturated carbocycles. The molecule has 3 heteroatoms. The monoisotopic (exact) mass is 232 g/mol. The number of methoxy groups -OCH3 is 1. The van der Waals surface area contributed by atoms with Crippen molar-refractivity contribution < 1.29 is 4.74 Å². The molecule has 0 aliphatic carbocycles. The topological polar surface area (TPSA) is 36.3 Å². The highest BCUT2D eigenvalue weighted by molar-refractivity contribution is 5.59. The second-order valence-electron chi connectivity index (χ2n) is 4.55. The Balaban J connectivity index is 3.25. The summed E-state index contributed by atoms with van der Waals surface area (Å²) < 4.78 is 5.40. The van der Waals surface area contributed by atoms with Crippen molar-refractivity contribution in [3.63, 3.8) is 0 Å². The number of aryl methyl sites for hydroxylation is 1. The maximum atomic E-state index is 8.75. The molecule has 0 amide bonds. The molecule has 0 atom stereocenters. The molecule has 0 aromatic heterocycles. The third-order valence-corrected chi connectivity index (χ3v) is 2.89. The lowest BCUT2D eigenvalue weighted by Gasteiger charge is -2.22. The van der Waals surface area contributed by atoms with Gasteiger partial charge in [0.15, 0.2) is 0 Å². The van der Waals surface area contributed by atoms with Crippen LogP contribution in [0.3, 0.4) is 0 Å². The standard InChI is InChI=1S/C14H20N2O/c1-10(2)12-9-13(16(4)7-6-15)11(3)8-14(12)17-5/h8-10H,7H2,1-5H3. The largest absolute Gasteiger partial charge is 0.496 e. The third kappa shape index (κ3) is 2.91. The summed E-state index contributed by atoms with van der Waals surface area (Å²) in [5.41, 5.74) is 3.40. The van der Waals surface area contributed by atoms with Crippen molar-refractivity contribution in [2.75, 3.05) is 25.6 Å². The number of hydrogen-bond donors (Lipinski definition) is 0. The Morgan fingerprint density at radius 3 is 2.53 bits per heavy atom. The summed E-state index contributed by atoms with van der Waals surface area (Å²) in [5.74, 6) is 1.33. The molecule has 0 heterocycles. The highest BCUT2D eigenvalue weighted by Gasteiger charge is 2.13. The second-order valence-corrected chi connectivity index (χ2v) is 4.55. The summed E-state index contributed by atoms with van der Waals surface area (Å²) in [7, 11) is 3.63.